The molecule has 0 spiro atoms. The van der Waals surface area contributed by atoms with Gasteiger partial charge >= 0.3 is 0 Å². The summed E-state index contributed by atoms with van der Waals surface area (Å²) in [5.41, 5.74) is -0.227. The number of anilines is 1. The van der Waals surface area contributed by atoms with E-state index in [1.807, 2.05) is 0 Å². The molecule has 0 aliphatic carbocycles. The van der Waals surface area contributed by atoms with Crippen LogP contribution in [0, 0.1) is 11.6 Å². The topological polar surface area (TPSA) is 63.2 Å². The van der Waals surface area contributed by atoms with Gasteiger partial charge in [-0.25, -0.2) is 17.2 Å². The lowest BCUT2D eigenvalue weighted by atomic mass is 10.2. The van der Waals surface area contributed by atoms with Crippen LogP contribution in [0.4, 0.5) is 13.8 Å². The van der Waals surface area contributed by atoms with Gasteiger partial charge in [-0.05, 0) is 23.6 Å². The number of hydrogen-bond acceptors (Lipinski definition) is 4. The summed E-state index contributed by atoms with van der Waals surface area (Å²) in [6, 6.07) is 3.73. The van der Waals surface area contributed by atoms with E-state index in [-0.39, 0.29) is 15.5 Å². The van der Waals surface area contributed by atoms with Crippen LogP contribution in [0.1, 0.15) is 10.4 Å². The van der Waals surface area contributed by atoms with Crippen molar-refractivity contribution >= 4 is 32.1 Å². The molecular formula is C12H9F2NO3S2. The first kappa shape index (κ1) is 14.6. The predicted octanol–water partition coefficient (Wildman–Crippen LogP) is 2.68. The Kier molecular flexibility index (Phi) is 3.87. The van der Waals surface area contributed by atoms with Crippen molar-refractivity contribution in [1.29, 1.82) is 0 Å². The molecule has 2 rings (SSSR count). The predicted molar refractivity (Wildman–Crippen MR) is 71.7 cm³/mol. The van der Waals surface area contributed by atoms with Crippen LogP contribution in [0.25, 0.3) is 0 Å². The summed E-state index contributed by atoms with van der Waals surface area (Å²) in [5, 5.41) is 3.95. The molecule has 4 nitrogen and oxygen atoms in total. The van der Waals surface area contributed by atoms with Crippen LogP contribution in [-0.2, 0) is 9.84 Å². The van der Waals surface area contributed by atoms with Crippen molar-refractivity contribution in [2.45, 2.75) is 4.90 Å². The van der Waals surface area contributed by atoms with Crippen molar-refractivity contribution < 1.29 is 22.0 Å². The summed E-state index contributed by atoms with van der Waals surface area (Å²) in [4.78, 5) is 11.8. The molecule has 0 aliphatic heterocycles. The molecule has 0 saturated carbocycles. The Bertz CT molecular complexity index is 749. The maximum Gasteiger partial charge on any atom is 0.256 e. The zero-order valence-electron chi connectivity index (χ0n) is 10.2. The van der Waals surface area contributed by atoms with Gasteiger partial charge in [0.2, 0.25) is 0 Å². The largest absolute Gasteiger partial charge is 0.312 e. The minimum absolute atomic E-state index is 0.0345. The fourth-order valence-electron chi connectivity index (χ4n) is 1.54. The number of sulfone groups is 1. The highest BCUT2D eigenvalue weighted by atomic mass is 32.2. The van der Waals surface area contributed by atoms with Crippen LogP contribution < -0.4 is 5.32 Å². The molecule has 0 bridgehead atoms. The first-order chi connectivity index (χ1) is 9.27. The van der Waals surface area contributed by atoms with E-state index in [9.17, 15) is 22.0 Å². The quantitative estimate of drug-likeness (QED) is 0.946. The van der Waals surface area contributed by atoms with Crippen molar-refractivity contribution in [3.63, 3.8) is 0 Å². The minimum Gasteiger partial charge on any atom is -0.312 e. The Hall–Kier alpha value is -1.80. The van der Waals surface area contributed by atoms with Crippen LogP contribution in [0.5, 0.6) is 0 Å². The number of nitrogens with one attached hydrogen (secondary N) is 1. The zero-order chi connectivity index (χ0) is 14.9. The Morgan fingerprint density at radius 2 is 1.80 bits per heavy atom. The van der Waals surface area contributed by atoms with Gasteiger partial charge in [-0.3, -0.25) is 4.79 Å². The molecule has 1 aromatic heterocycles. The van der Waals surface area contributed by atoms with E-state index in [1.165, 1.54) is 11.4 Å². The third-order valence-electron chi connectivity index (χ3n) is 2.38. The number of carbonyl (C=O) groups excluding carboxylic acids is 1. The van der Waals surface area contributed by atoms with Crippen molar-refractivity contribution in [3.05, 3.63) is 46.8 Å². The number of benzene rings is 1. The minimum atomic E-state index is -3.49. The molecule has 1 heterocycles. The maximum absolute atomic E-state index is 13.0. The molecule has 1 amide bonds. The Balaban J connectivity index is 2.31. The fraction of sp³-hybridized carbons (Fsp3) is 0.0833. The molecule has 2 aromatic rings. The van der Waals surface area contributed by atoms with Gasteiger partial charge in [-0.2, -0.15) is 0 Å². The third kappa shape index (κ3) is 3.20. The number of rotatable bonds is 3. The molecular weight excluding hydrogens is 308 g/mol. The SMILES string of the molecule is CS(=O)(=O)c1ccsc1NC(=O)c1cc(F)cc(F)c1. The molecule has 1 N–H and O–H groups in total. The van der Waals surface area contributed by atoms with Crippen LogP contribution in [0.2, 0.25) is 0 Å². The molecule has 106 valence electrons. The van der Waals surface area contributed by atoms with E-state index >= 15 is 0 Å². The lowest BCUT2D eigenvalue weighted by Crippen LogP contribution is -2.13. The lowest BCUT2D eigenvalue weighted by Gasteiger charge is -2.05. The van der Waals surface area contributed by atoms with Crippen molar-refractivity contribution in [3.8, 4) is 0 Å². The number of thiophene rings is 1. The van der Waals surface area contributed by atoms with Gasteiger partial charge in [0, 0.05) is 17.9 Å². The molecule has 0 unspecified atom stereocenters. The smallest absolute Gasteiger partial charge is 0.256 e. The second-order valence-electron chi connectivity index (χ2n) is 4.00. The highest BCUT2D eigenvalue weighted by Gasteiger charge is 2.18. The third-order valence-corrected chi connectivity index (χ3v) is 4.48. The molecule has 0 saturated heterocycles. The van der Waals surface area contributed by atoms with E-state index in [0.29, 0.717) is 6.07 Å². The number of amides is 1. The number of hydrogen-bond donors (Lipinski definition) is 1. The van der Waals surface area contributed by atoms with Crippen LogP contribution in [0.3, 0.4) is 0 Å². The van der Waals surface area contributed by atoms with E-state index in [1.54, 1.807) is 0 Å². The first-order valence-electron chi connectivity index (χ1n) is 5.32. The zero-order valence-corrected chi connectivity index (χ0v) is 11.8. The highest BCUT2D eigenvalue weighted by molar-refractivity contribution is 7.91. The second-order valence-corrected chi connectivity index (χ2v) is 6.90. The number of carbonyl (C=O) groups is 1. The first-order valence-corrected chi connectivity index (χ1v) is 8.09. The molecule has 20 heavy (non-hydrogen) atoms. The average molecular weight is 317 g/mol. The normalized spacial score (nSPS) is 11.3. The van der Waals surface area contributed by atoms with Gasteiger partial charge in [0.15, 0.2) is 9.84 Å². The van der Waals surface area contributed by atoms with Gasteiger partial charge in [-0.1, -0.05) is 0 Å². The highest BCUT2D eigenvalue weighted by Crippen LogP contribution is 2.28. The maximum atomic E-state index is 13.0. The summed E-state index contributed by atoms with van der Waals surface area (Å²) in [6.45, 7) is 0. The molecule has 0 fully saturated rings. The van der Waals surface area contributed by atoms with Crippen LogP contribution in [0.15, 0.2) is 34.5 Å². The lowest BCUT2D eigenvalue weighted by molar-refractivity contribution is 0.102. The summed E-state index contributed by atoms with van der Waals surface area (Å²) < 4.78 is 49.0. The van der Waals surface area contributed by atoms with Gasteiger partial charge in [0.25, 0.3) is 5.91 Å². The molecule has 8 heteroatoms. The van der Waals surface area contributed by atoms with Gasteiger partial charge < -0.3 is 5.32 Å². The van der Waals surface area contributed by atoms with Crippen LogP contribution in [-0.4, -0.2) is 20.6 Å². The number of halogens is 2. The fourth-order valence-corrected chi connectivity index (χ4v) is 3.60. The van der Waals surface area contributed by atoms with Gasteiger partial charge in [-0.15, -0.1) is 11.3 Å². The monoisotopic (exact) mass is 317 g/mol. The van der Waals surface area contributed by atoms with E-state index in [0.717, 1.165) is 29.7 Å². The average Bonchev–Trinajstić information content (AvgIpc) is 2.75. The van der Waals surface area contributed by atoms with Crippen molar-refractivity contribution in [2.24, 2.45) is 0 Å². The molecule has 0 atom stereocenters. The van der Waals surface area contributed by atoms with Gasteiger partial charge in [0.1, 0.15) is 21.5 Å². The van der Waals surface area contributed by atoms with Gasteiger partial charge in [0.05, 0.1) is 0 Å². The van der Waals surface area contributed by atoms with Crippen molar-refractivity contribution in [1.82, 2.24) is 0 Å². The molecule has 1 aromatic carbocycles. The van der Waals surface area contributed by atoms with E-state index in [2.05, 4.69) is 5.32 Å². The van der Waals surface area contributed by atoms with E-state index < -0.39 is 27.4 Å². The Morgan fingerprint density at radius 1 is 1.20 bits per heavy atom. The summed E-state index contributed by atoms with van der Waals surface area (Å²) in [5.74, 6) is -2.55. The summed E-state index contributed by atoms with van der Waals surface area (Å²) in [7, 11) is -3.49. The summed E-state index contributed by atoms with van der Waals surface area (Å²) in [6.07, 6.45) is 1.01. The van der Waals surface area contributed by atoms with Crippen LogP contribution >= 0.6 is 11.3 Å². The van der Waals surface area contributed by atoms with Crippen molar-refractivity contribution in [2.75, 3.05) is 11.6 Å². The molecule has 0 aliphatic rings. The van der Waals surface area contributed by atoms with E-state index in [4.69, 9.17) is 0 Å². The second kappa shape index (κ2) is 5.29. The summed E-state index contributed by atoms with van der Waals surface area (Å²) >= 11 is 1.01. The Morgan fingerprint density at radius 3 is 2.35 bits per heavy atom. The Labute approximate surface area is 118 Å². The molecule has 0 radical (unpaired) electrons. The standard InChI is InChI=1S/C12H9F2NO3S2/c1-20(17,18)10-2-3-19-12(10)15-11(16)7-4-8(13)6-9(14)5-7/h2-6H,1H3,(H,15,16).